The number of methoxy groups -OCH3 is 1. The lowest BCUT2D eigenvalue weighted by Crippen LogP contribution is -2.10. The average Bonchev–Trinajstić information content (AvgIpc) is 3.09. The third-order valence-electron chi connectivity index (χ3n) is 3.40. The van der Waals surface area contributed by atoms with Gasteiger partial charge >= 0.3 is 5.97 Å². The summed E-state index contributed by atoms with van der Waals surface area (Å²) < 4.78 is 5.47. The first-order chi connectivity index (χ1) is 7.59. The van der Waals surface area contributed by atoms with Crippen molar-refractivity contribution in [1.82, 2.24) is 0 Å². The standard InChI is InChI=1S/C13H16O3/c1-9(12(14)15)10-3-5-11(6-4-10)13(16-2)7-8-13/h3-6,9H,7-8H2,1-2H3,(H,14,15). The summed E-state index contributed by atoms with van der Waals surface area (Å²) in [4.78, 5) is 10.8. The lowest BCUT2D eigenvalue weighted by Gasteiger charge is -2.14. The zero-order chi connectivity index (χ0) is 11.8. The molecule has 3 heteroatoms. The van der Waals surface area contributed by atoms with Gasteiger partial charge in [-0.15, -0.1) is 0 Å². The molecule has 0 spiro atoms. The van der Waals surface area contributed by atoms with Crippen molar-refractivity contribution in [2.45, 2.75) is 31.3 Å². The van der Waals surface area contributed by atoms with Crippen molar-refractivity contribution in [2.75, 3.05) is 7.11 Å². The first kappa shape index (κ1) is 11.1. The normalized spacial score (nSPS) is 19.1. The van der Waals surface area contributed by atoms with Crippen molar-refractivity contribution in [2.24, 2.45) is 0 Å². The molecule has 1 atom stereocenters. The molecule has 1 unspecified atom stereocenters. The second-order valence-corrected chi connectivity index (χ2v) is 4.38. The fourth-order valence-corrected chi connectivity index (χ4v) is 1.94. The van der Waals surface area contributed by atoms with E-state index in [1.54, 1.807) is 14.0 Å². The molecular formula is C13H16O3. The molecule has 0 aliphatic heterocycles. The van der Waals surface area contributed by atoms with Crippen LogP contribution in [0, 0.1) is 0 Å². The van der Waals surface area contributed by atoms with E-state index >= 15 is 0 Å². The Morgan fingerprint density at radius 3 is 2.31 bits per heavy atom. The van der Waals surface area contributed by atoms with E-state index in [1.807, 2.05) is 24.3 Å². The summed E-state index contributed by atoms with van der Waals surface area (Å²) >= 11 is 0. The first-order valence-corrected chi connectivity index (χ1v) is 5.47. The Morgan fingerprint density at radius 1 is 1.38 bits per heavy atom. The predicted octanol–water partition coefficient (Wildman–Crippen LogP) is 2.51. The molecule has 0 saturated heterocycles. The molecule has 0 aromatic heterocycles. The van der Waals surface area contributed by atoms with E-state index in [9.17, 15) is 4.79 Å². The number of rotatable bonds is 4. The van der Waals surface area contributed by atoms with Gasteiger partial charge in [0.25, 0.3) is 0 Å². The molecule has 1 aromatic carbocycles. The maximum atomic E-state index is 10.8. The highest BCUT2D eigenvalue weighted by Crippen LogP contribution is 2.48. The van der Waals surface area contributed by atoms with Crippen LogP contribution >= 0.6 is 0 Å². The number of ether oxygens (including phenoxy) is 1. The molecule has 0 radical (unpaired) electrons. The monoisotopic (exact) mass is 220 g/mol. The molecule has 1 aliphatic carbocycles. The van der Waals surface area contributed by atoms with Crippen molar-refractivity contribution < 1.29 is 14.6 Å². The van der Waals surface area contributed by atoms with Gasteiger partial charge in [0.2, 0.25) is 0 Å². The molecule has 0 bridgehead atoms. The molecule has 1 N–H and O–H groups in total. The number of aliphatic carboxylic acids is 1. The number of carboxylic acid groups (broad SMARTS) is 1. The SMILES string of the molecule is COC1(c2ccc(C(C)C(=O)O)cc2)CC1. The molecule has 0 heterocycles. The van der Waals surface area contributed by atoms with Gasteiger partial charge < -0.3 is 9.84 Å². The van der Waals surface area contributed by atoms with Gasteiger partial charge in [0, 0.05) is 7.11 Å². The van der Waals surface area contributed by atoms with Gasteiger partial charge in [-0.1, -0.05) is 24.3 Å². The van der Waals surface area contributed by atoms with Crippen LogP contribution in [0.15, 0.2) is 24.3 Å². The van der Waals surface area contributed by atoms with E-state index in [2.05, 4.69) is 0 Å². The first-order valence-electron chi connectivity index (χ1n) is 5.47. The van der Waals surface area contributed by atoms with E-state index in [0.717, 1.165) is 24.0 Å². The zero-order valence-corrected chi connectivity index (χ0v) is 9.56. The van der Waals surface area contributed by atoms with E-state index in [1.165, 1.54) is 0 Å². The summed E-state index contributed by atoms with van der Waals surface area (Å²) in [6.45, 7) is 1.69. The Morgan fingerprint density at radius 2 is 1.94 bits per heavy atom. The maximum Gasteiger partial charge on any atom is 0.310 e. The highest BCUT2D eigenvalue weighted by Gasteiger charge is 2.44. The van der Waals surface area contributed by atoms with E-state index in [4.69, 9.17) is 9.84 Å². The summed E-state index contributed by atoms with van der Waals surface area (Å²) in [7, 11) is 1.72. The number of carbonyl (C=O) groups is 1. The topological polar surface area (TPSA) is 46.5 Å². The molecule has 1 aliphatic rings. The van der Waals surface area contributed by atoms with Gasteiger partial charge in [0.15, 0.2) is 0 Å². The van der Waals surface area contributed by atoms with Crippen LogP contribution < -0.4 is 0 Å². The van der Waals surface area contributed by atoms with E-state index in [-0.39, 0.29) is 5.60 Å². The van der Waals surface area contributed by atoms with Crippen molar-refractivity contribution in [1.29, 1.82) is 0 Å². The van der Waals surface area contributed by atoms with Crippen molar-refractivity contribution in [3.05, 3.63) is 35.4 Å². The summed E-state index contributed by atoms with van der Waals surface area (Å²) in [6, 6.07) is 7.72. The Balaban J connectivity index is 2.20. The third kappa shape index (κ3) is 1.83. The summed E-state index contributed by atoms with van der Waals surface area (Å²) in [5, 5.41) is 8.90. The quantitative estimate of drug-likeness (QED) is 0.848. The summed E-state index contributed by atoms with van der Waals surface area (Å²) in [5.41, 5.74) is 1.89. The largest absolute Gasteiger partial charge is 0.481 e. The summed E-state index contributed by atoms with van der Waals surface area (Å²) in [6.07, 6.45) is 2.11. The molecule has 1 aromatic rings. The molecule has 16 heavy (non-hydrogen) atoms. The van der Waals surface area contributed by atoms with Crippen LogP contribution in [0.25, 0.3) is 0 Å². The van der Waals surface area contributed by atoms with Crippen LogP contribution in [0.1, 0.15) is 36.8 Å². The lowest BCUT2D eigenvalue weighted by atomic mass is 9.98. The smallest absolute Gasteiger partial charge is 0.310 e. The number of hydrogen-bond donors (Lipinski definition) is 1. The van der Waals surface area contributed by atoms with Gasteiger partial charge in [-0.05, 0) is 30.9 Å². The zero-order valence-electron chi connectivity index (χ0n) is 9.56. The second kappa shape index (κ2) is 3.91. The maximum absolute atomic E-state index is 10.8. The Bertz CT molecular complexity index is 390. The Kier molecular flexibility index (Phi) is 2.72. The molecule has 2 rings (SSSR count). The van der Waals surface area contributed by atoms with Crippen molar-refractivity contribution in [3.8, 4) is 0 Å². The van der Waals surface area contributed by atoms with E-state index in [0.29, 0.717) is 0 Å². The van der Waals surface area contributed by atoms with Crippen molar-refractivity contribution >= 4 is 5.97 Å². The number of benzene rings is 1. The van der Waals surface area contributed by atoms with Crippen LogP contribution in [0.5, 0.6) is 0 Å². The minimum Gasteiger partial charge on any atom is -0.481 e. The summed E-state index contributed by atoms with van der Waals surface area (Å²) in [5.74, 6) is -1.24. The minimum atomic E-state index is -0.791. The van der Waals surface area contributed by atoms with Crippen LogP contribution in [-0.2, 0) is 15.1 Å². The molecular weight excluding hydrogens is 204 g/mol. The fraction of sp³-hybridized carbons (Fsp3) is 0.462. The molecule has 1 saturated carbocycles. The van der Waals surface area contributed by atoms with Gasteiger partial charge in [-0.25, -0.2) is 0 Å². The number of carboxylic acids is 1. The molecule has 3 nitrogen and oxygen atoms in total. The Labute approximate surface area is 95.0 Å². The van der Waals surface area contributed by atoms with Crippen molar-refractivity contribution in [3.63, 3.8) is 0 Å². The molecule has 86 valence electrons. The van der Waals surface area contributed by atoms with Gasteiger partial charge in [-0.3, -0.25) is 4.79 Å². The fourth-order valence-electron chi connectivity index (χ4n) is 1.94. The molecule has 0 amide bonds. The minimum absolute atomic E-state index is 0.0923. The number of hydrogen-bond acceptors (Lipinski definition) is 2. The van der Waals surface area contributed by atoms with Crippen LogP contribution in [0.2, 0.25) is 0 Å². The van der Waals surface area contributed by atoms with E-state index < -0.39 is 11.9 Å². The van der Waals surface area contributed by atoms with Gasteiger partial charge in [0.1, 0.15) is 0 Å². The van der Waals surface area contributed by atoms with Crippen LogP contribution in [-0.4, -0.2) is 18.2 Å². The highest BCUT2D eigenvalue weighted by atomic mass is 16.5. The predicted molar refractivity (Wildman–Crippen MR) is 60.4 cm³/mol. The highest BCUT2D eigenvalue weighted by molar-refractivity contribution is 5.75. The lowest BCUT2D eigenvalue weighted by molar-refractivity contribution is -0.138. The Hall–Kier alpha value is -1.35. The van der Waals surface area contributed by atoms with Gasteiger partial charge in [-0.2, -0.15) is 0 Å². The third-order valence-corrected chi connectivity index (χ3v) is 3.40. The average molecular weight is 220 g/mol. The van der Waals surface area contributed by atoms with Gasteiger partial charge in [0.05, 0.1) is 11.5 Å². The molecule has 1 fully saturated rings. The van der Waals surface area contributed by atoms with Crippen LogP contribution in [0.3, 0.4) is 0 Å². The second-order valence-electron chi connectivity index (χ2n) is 4.38. The van der Waals surface area contributed by atoms with Crippen LogP contribution in [0.4, 0.5) is 0 Å².